The summed E-state index contributed by atoms with van der Waals surface area (Å²) in [6.07, 6.45) is 4.29. The molecular weight excluding hydrogens is 290 g/mol. The Kier molecular flexibility index (Phi) is 5.01. The van der Waals surface area contributed by atoms with Crippen molar-refractivity contribution in [3.63, 3.8) is 0 Å². The molecule has 0 saturated carbocycles. The van der Waals surface area contributed by atoms with Crippen LogP contribution in [0.15, 0.2) is 18.3 Å². The Morgan fingerprint density at radius 3 is 3.00 bits per heavy atom. The van der Waals surface area contributed by atoms with Gasteiger partial charge in [-0.05, 0) is 32.5 Å². The lowest BCUT2D eigenvalue weighted by Gasteiger charge is -2.32. The molecule has 0 radical (unpaired) electrons. The van der Waals surface area contributed by atoms with Crippen molar-refractivity contribution in [3.8, 4) is 0 Å². The largest absolute Gasteiger partial charge is 0.352 e. The molecule has 1 aliphatic heterocycles. The van der Waals surface area contributed by atoms with Crippen molar-refractivity contribution in [1.29, 1.82) is 0 Å². The van der Waals surface area contributed by atoms with Gasteiger partial charge in [-0.1, -0.05) is 28.9 Å². The summed E-state index contributed by atoms with van der Waals surface area (Å²) in [6.45, 7) is 5.70. The average molecular weight is 312 g/mol. The monoisotopic (exact) mass is 311 g/mol. The highest BCUT2D eigenvalue weighted by Gasteiger charge is 2.24. The van der Waals surface area contributed by atoms with Crippen LogP contribution in [-0.4, -0.2) is 42.6 Å². The molecule has 1 atom stereocenters. The molecule has 0 amide bonds. The van der Waals surface area contributed by atoms with Gasteiger partial charge in [-0.3, -0.25) is 0 Å². The Labute approximate surface area is 118 Å². The van der Waals surface area contributed by atoms with E-state index in [9.17, 15) is 0 Å². The van der Waals surface area contributed by atoms with E-state index in [4.69, 9.17) is 0 Å². The van der Waals surface area contributed by atoms with Crippen LogP contribution < -0.4 is 4.90 Å². The highest BCUT2D eigenvalue weighted by Crippen LogP contribution is 2.24. The van der Waals surface area contributed by atoms with E-state index in [0.29, 0.717) is 6.04 Å². The fourth-order valence-electron chi connectivity index (χ4n) is 2.66. The molecule has 0 N–H and O–H groups in total. The van der Waals surface area contributed by atoms with Crippen LogP contribution >= 0.6 is 15.9 Å². The zero-order valence-electron chi connectivity index (χ0n) is 11.3. The molecule has 1 aliphatic rings. The van der Waals surface area contributed by atoms with Gasteiger partial charge in [0.05, 0.1) is 0 Å². The van der Waals surface area contributed by atoms with Gasteiger partial charge in [0.2, 0.25) is 0 Å². The second-order valence-electron chi connectivity index (χ2n) is 4.99. The number of hydrogen-bond donors (Lipinski definition) is 0. The second kappa shape index (κ2) is 6.53. The highest BCUT2D eigenvalue weighted by atomic mass is 79.9. The molecule has 1 saturated heterocycles. The second-order valence-corrected chi connectivity index (χ2v) is 5.55. The molecule has 2 rings (SSSR count). The van der Waals surface area contributed by atoms with Crippen LogP contribution in [0.25, 0.3) is 0 Å². The zero-order chi connectivity index (χ0) is 13.0. The molecule has 1 fully saturated rings. The van der Waals surface area contributed by atoms with E-state index in [1.54, 1.807) is 0 Å². The normalized spacial score (nSPS) is 21.9. The maximum atomic E-state index is 4.62. The molecule has 0 spiro atoms. The lowest BCUT2D eigenvalue weighted by atomic mass is 10.1. The molecule has 100 valence electrons. The molecular formula is C14H22BrN3. The van der Waals surface area contributed by atoms with Crippen LogP contribution in [0.2, 0.25) is 0 Å². The van der Waals surface area contributed by atoms with E-state index < -0.39 is 0 Å². The molecule has 1 unspecified atom stereocenters. The van der Waals surface area contributed by atoms with Gasteiger partial charge < -0.3 is 9.80 Å². The number of aromatic nitrogens is 1. The average Bonchev–Trinajstić information content (AvgIpc) is 2.60. The molecule has 0 aromatic carbocycles. The molecule has 2 heterocycles. The first-order chi connectivity index (χ1) is 8.76. The topological polar surface area (TPSA) is 19.4 Å². The van der Waals surface area contributed by atoms with Gasteiger partial charge in [0.25, 0.3) is 0 Å². The van der Waals surface area contributed by atoms with Crippen LogP contribution in [-0.2, 0) is 5.33 Å². The van der Waals surface area contributed by atoms with Gasteiger partial charge in [-0.25, -0.2) is 4.98 Å². The molecule has 3 nitrogen and oxygen atoms in total. The summed E-state index contributed by atoms with van der Waals surface area (Å²) in [7, 11) is 2.22. The fourth-order valence-corrected chi connectivity index (χ4v) is 3.10. The minimum Gasteiger partial charge on any atom is -0.352 e. The Hall–Kier alpha value is -0.610. The first-order valence-electron chi connectivity index (χ1n) is 6.71. The third kappa shape index (κ3) is 3.04. The van der Waals surface area contributed by atoms with Crippen molar-refractivity contribution in [2.45, 2.75) is 31.1 Å². The van der Waals surface area contributed by atoms with E-state index in [0.717, 1.165) is 24.2 Å². The summed E-state index contributed by atoms with van der Waals surface area (Å²) in [5.74, 6) is 1.16. The SMILES string of the molecule is CCC1CN(C)CCCN1c1ncccc1CBr. The minimum absolute atomic E-state index is 0.574. The predicted octanol–water partition coefficient (Wildman–Crippen LogP) is 2.90. The molecule has 18 heavy (non-hydrogen) atoms. The van der Waals surface area contributed by atoms with Gasteiger partial charge in [-0.15, -0.1) is 0 Å². The van der Waals surface area contributed by atoms with E-state index in [2.05, 4.69) is 50.8 Å². The molecule has 0 bridgehead atoms. The summed E-state index contributed by atoms with van der Waals surface area (Å²) in [5.41, 5.74) is 1.29. The molecule has 1 aromatic rings. The van der Waals surface area contributed by atoms with Crippen LogP contribution in [0, 0.1) is 0 Å². The van der Waals surface area contributed by atoms with E-state index >= 15 is 0 Å². The Morgan fingerprint density at radius 1 is 1.44 bits per heavy atom. The van der Waals surface area contributed by atoms with Crippen molar-refractivity contribution in [3.05, 3.63) is 23.9 Å². The smallest absolute Gasteiger partial charge is 0.132 e. The Morgan fingerprint density at radius 2 is 2.28 bits per heavy atom. The van der Waals surface area contributed by atoms with Gasteiger partial charge >= 0.3 is 0 Å². The Bertz CT molecular complexity index is 383. The van der Waals surface area contributed by atoms with E-state index in [1.807, 2.05) is 12.3 Å². The summed E-state index contributed by atoms with van der Waals surface area (Å²) in [6, 6.07) is 4.76. The van der Waals surface area contributed by atoms with Gasteiger partial charge in [0.1, 0.15) is 5.82 Å². The number of rotatable bonds is 3. The lowest BCUT2D eigenvalue weighted by molar-refractivity contribution is 0.327. The van der Waals surface area contributed by atoms with Crippen LogP contribution in [0.4, 0.5) is 5.82 Å². The van der Waals surface area contributed by atoms with Gasteiger partial charge in [-0.2, -0.15) is 0 Å². The number of halogens is 1. The van der Waals surface area contributed by atoms with Crippen molar-refractivity contribution in [2.75, 3.05) is 31.6 Å². The lowest BCUT2D eigenvalue weighted by Crippen LogP contribution is -2.40. The number of alkyl halides is 1. The highest BCUT2D eigenvalue weighted by molar-refractivity contribution is 9.08. The maximum Gasteiger partial charge on any atom is 0.132 e. The maximum absolute atomic E-state index is 4.62. The first kappa shape index (κ1) is 13.8. The van der Waals surface area contributed by atoms with E-state index in [1.165, 1.54) is 24.9 Å². The zero-order valence-corrected chi connectivity index (χ0v) is 12.9. The van der Waals surface area contributed by atoms with Crippen molar-refractivity contribution in [2.24, 2.45) is 0 Å². The summed E-state index contributed by atoms with van der Waals surface area (Å²) >= 11 is 3.57. The van der Waals surface area contributed by atoms with Crippen LogP contribution in [0.3, 0.4) is 0 Å². The molecule has 0 aliphatic carbocycles. The minimum atomic E-state index is 0.574. The summed E-state index contributed by atoms with van der Waals surface area (Å²) in [4.78, 5) is 9.55. The predicted molar refractivity (Wildman–Crippen MR) is 80.4 cm³/mol. The van der Waals surface area contributed by atoms with Crippen LogP contribution in [0.1, 0.15) is 25.3 Å². The standard InChI is InChI=1S/C14H22BrN3/c1-3-13-11-17(2)8-5-9-18(13)14-12(10-15)6-4-7-16-14/h4,6-7,13H,3,5,8-11H2,1-2H3. The number of nitrogens with zero attached hydrogens (tertiary/aromatic N) is 3. The number of anilines is 1. The number of likely N-dealkylation sites (N-methyl/N-ethyl adjacent to an activating group) is 1. The fraction of sp³-hybridized carbons (Fsp3) is 0.643. The van der Waals surface area contributed by atoms with E-state index in [-0.39, 0.29) is 0 Å². The quantitative estimate of drug-likeness (QED) is 0.800. The van der Waals surface area contributed by atoms with Crippen molar-refractivity contribution >= 4 is 21.7 Å². The number of hydrogen-bond acceptors (Lipinski definition) is 3. The molecule has 4 heteroatoms. The Balaban J connectivity index is 2.28. The third-order valence-corrected chi connectivity index (χ3v) is 4.26. The summed E-state index contributed by atoms with van der Waals surface area (Å²) in [5, 5.41) is 0.874. The van der Waals surface area contributed by atoms with Gasteiger partial charge in [0, 0.05) is 36.2 Å². The first-order valence-corrected chi connectivity index (χ1v) is 7.83. The van der Waals surface area contributed by atoms with Crippen molar-refractivity contribution in [1.82, 2.24) is 9.88 Å². The van der Waals surface area contributed by atoms with Crippen LogP contribution in [0.5, 0.6) is 0 Å². The van der Waals surface area contributed by atoms with Crippen molar-refractivity contribution < 1.29 is 0 Å². The third-order valence-electron chi connectivity index (χ3n) is 3.66. The van der Waals surface area contributed by atoms with Gasteiger partial charge in [0.15, 0.2) is 0 Å². The number of pyridine rings is 1. The molecule has 1 aromatic heterocycles. The summed E-state index contributed by atoms with van der Waals surface area (Å²) < 4.78 is 0.